The van der Waals surface area contributed by atoms with Crippen LogP contribution in [0.1, 0.15) is 51.6 Å². The molecule has 120 valence electrons. The molecule has 0 amide bonds. The summed E-state index contributed by atoms with van der Waals surface area (Å²) in [6.45, 7) is 10.3. The number of benzene rings is 1. The van der Waals surface area contributed by atoms with Crippen LogP contribution in [0.2, 0.25) is 0 Å². The molecule has 1 unspecified atom stereocenters. The summed E-state index contributed by atoms with van der Waals surface area (Å²) in [7, 11) is 0. The fraction of sp³-hybridized carbons (Fsp3) is 0.647. The Morgan fingerprint density at radius 1 is 1.00 bits per heavy atom. The maximum absolute atomic E-state index is 13.4. The molecule has 0 aliphatic carbocycles. The van der Waals surface area contributed by atoms with Crippen molar-refractivity contribution in [2.45, 2.75) is 46.1 Å². The second-order valence-electron chi connectivity index (χ2n) is 5.43. The van der Waals surface area contributed by atoms with Gasteiger partial charge in [0.1, 0.15) is 11.6 Å². The minimum atomic E-state index is -0.505. The molecule has 0 aromatic heterocycles. The molecule has 2 nitrogen and oxygen atoms in total. The molecule has 0 saturated heterocycles. The second-order valence-corrected chi connectivity index (χ2v) is 5.43. The Labute approximate surface area is 127 Å². The highest BCUT2D eigenvalue weighted by atomic mass is 19.1. The summed E-state index contributed by atoms with van der Waals surface area (Å²) < 4.78 is 26.8. The maximum Gasteiger partial charge on any atom is 0.126 e. The highest BCUT2D eigenvalue weighted by Gasteiger charge is 2.14. The molecule has 1 rings (SSSR count). The zero-order chi connectivity index (χ0) is 15.7. The average Bonchev–Trinajstić information content (AvgIpc) is 2.45. The van der Waals surface area contributed by atoms with Crippen LogP contribution in [0.3, 0.4) is 0 Å². The fourth-order valence-electron chi connectivity index (χ4n) is 2.54. The molecular weight excluding hydrogens is 270 g/mol. The zero-order valence-corrected chi connectivity index (χ0v) is 13.5. The van der Waals surface area contributed by atoms with Crippen LogP contribution in [-0.4, -0.2) is 31.1 Å². The molecule has 1 aromatic carbocycles. The van der Waals surface area contributed by atoms with Gasteiger partial charge in [0.15, 0.2) is 0 Å². The van der Waals surface area contributed by atoms with Gasteiger partial charge in [-0.2, -0.15) is 0 Å². The van der Waals surface area contributed by atoms with Crippen molar-refractivity contribution in [3.8, 4) is 0 Å². The van der Waals surface area contributed by atoms with E-state index in [2.05, 4.69) is 31.0 Å². The van der Waals surface area contributed by atoms with Crippen molar-refractivity contribution in [3.63, 3.8) is 0 Å². The predicted octanol–water partition coefficient (Wildman–Crippen LogP) is 4.13. The summed E-state index contributed by atoms with van der Waals surface area (Å²) in [6.07, 6.45) is 2.98. The predicted molar refractivity (Wildman–Crippen MR) is 84.4 cm³/mol. The average molecular weight is 298 g/mol. The number of hydrogen-bond donors (Lipinski definition) is 1. The van der Waals surface area contributed by atoms with Gasteiger partial charge in [0.05, 0.1) is 0 Å². The van der Waals surface area contributed by atoms with E-state index in [4.69, 9.17) is 0 Å². The first-order valence-electron chi connectivity index (χ1n) is 8.02. The number of nitrogens with zero attached hydrogens (tertiary/aromatic N) is 1. The Morgan fingerprint density at radius 2 is 1.67 bits per heavy atom. The molecule has 0 fully saturated rings. The number of halogens is 2. The Kier molecular flexibility index (Phi) is 8.47. The summed E-state index contributed by atoms with van der Waals surface area (Å²) in [5.41, 5.74) is 0.702. The molecule has 0 saturated carbocycles. The van der Waals surface area contributed by atoms with Crippen LogP contribution in [-0.2, 0) is 0 Å². The first-order chi connectivity index (χ1) is 10.1. The molecular formula is C17H28F2N2. The van der Waals surface area contributed by atoms with Crippen molar-refractivity contribution >= 4 is 0 Å². The van der Waals surface area contributed by atoms with Crippen molar-refractivity contribution in [1.82, 2.24) is 10.2 Å². The summed E-state index contributed by atoms with van der Waals surface area (Å²) in [6, 6.07) is 3.80. The fourth-order valence-corrected chi connectivity index (χ4v) is 2.54. The van der Waals surface area contributed by atoms with E-state index in [1.165, 1.54) is 12.1 Å². The molecule has 4 heteroatoms. The van der Waals surface area contributed by atoms with E-state index in [-0.39, 0.29) is 6.04 Å². The quantitative estimate of drug-likeness (QED) is 0.699. The van der Waals surface area contributed by atoms with Crippen molar-refractivity contribution in [3.05, 3.63) is 35.4 Å². The lowest BCUT2D eigenvalue weighted by Gasteiger charge is -2.24. The standard InChI is InChI=1S/C17H28F2N2/c1-4-8-20-17(7-10-21(6-3)9-5-2)14-11-15(18)13-16(19)12-14/h11-13,17,20H,4-10H2,1-3H3. The molecule has 0 spiro atoms. The molecule has 1 atom stereocenters. The van der Waals surface area contributed by atoms with Gasteiger partial charge in [-0.3, -0.25) is 0 Å². The lowest BCUT2D eigenvalue weighted by Crippen LogP contribution is -2.30. The highest BCUT2D eigenvalue weighted by molar-refractivity contribution is 5.21. The topological polar surface area (TPSA) is 15.3 Å². The summed E-state index contributed by atoms with van der Waals surface area (Å²) in [4.78, 5) is 2.37. The van der Waals surface area contributed by atoms with E-state index in [1.807, 2.05) is 0 Å². The Hall–Kier alpha value is -1.00. The first kappa shape index (κ1) is 18.1. The maximum atomic E-state index is 13.4. The van der Waals surface area contributed by atoms with Gasteiger partial charge in [-0.1, -0.05) is 20.8 Å². The van der Waals surface area contributed by atoms with Gasteiger partial charge in [-0.15, -0.1) is 0 Å². The molecule has 0 heterocycles. The third-order valence-electron chi connectivity index (χ3n) is 3.65. The number of rotatable bonds is 10. The second kappa shape index (κ2) is 9.85. The largest absolute Gasteiger partial charge is 0.310 e. The third-order valence-corrected chi connectivity index (χ3v) is 3.65. The molecule has 0 aliphatic rings. The van der Waals surface area contributed by atoms with Crippen molar-refractivity contribution in [2.75, 3.05) is 26.2 Å². The van der Waals surface area contributed by atoms with Crippen LogP contribution >= 0.6 is 0 Å². The van der Waals surface area contributed by atoms with Crippen molar-refractivity contribution in [2.24, 2.45) is 0 Å². The Bertz CT molecular complexity index is 390. The van der Waals surface area contributed by atoms with Gasteiger partial charge < -0.3 is 10.2 Å². The van der Waals surface area contributed by atoms with Gasteiger partial charge in [0.25, 0.3) is 0 Å². The SMILES string of the molecule is CCCNC(CCN(CC)CCC)c1cc(F)cc(F)c1. The van der Waals surface area contributed by atoms with Crippen LogP contribution in [0.5, 0.6) is 0 Å². The van der Waals surface area contributed by atoms with E-state index in [0.717, 1.165) is 51.5 Å². The molecule has 21 heavy (non-hydrogen) atoms. The van der Waals surface area contributed by atoms with Gasteiger partial charge in [-0.25, -0.2) is 8.78 Å². The van der Waals surface area contributed by atoms with E-state index in [1.54, 1.807) is 0 Å². The van der Waals surface area contributed by atoms with E-state index in [0.29, 0.717) is 5.56 Å². The molecule has 0 radical (unpaired) electrons. The Balaban J connectivity index is 2.74. The normalized spacial score (nSPS) is 12.9. The lowest BCUT2D eigenvalue weighted by molar-refractivity contribution is 0.269. The molecule has 0 bridgehead atoms. The smallest absolute Gasteiger partial charge is 0.126 e. The van der Waals surface area contributed by atoms with E-state index in [9.17, 15) is 8.78 Å². The van der Waals surface area contributed by atoms with Crippen molar-refractivity contribution < 1.29 is 8.78 Å². The minimum absolute atomic E-state index is 0.000978. The monoisotopic (exact) mass is 298 g/mol. The van der Waals surface area contributed by atoms with Crippen LogP contribution in [0.25, 0.3) is 0 Å². The summed E-state index contributed by atoms with van der Waals surface area (Å²) in [5, 5.41) is 3.40. The van der Waals surface area contributed by atoms with Gasteiger partial charge >= 0.3 is 0 Å². The lowest BCUT2D eigenvalue weighted by atomic mass is 10.0. The highest BCUT2D eigenvalue weighted by Crippen LogP contribution is 2.20. The van der Waals surface area contributed by atoms with Gasteiger partial charge in [-0.05, 0) is 63.1 Å². The number of hydrogen-bond acceptors (Lipinski definition) is 2. The molecule has 0 aliphatic heterocycles. The van der Waals surface area contributed by atoms with Crippen LogP contribution < -0.4 is 5.32 Å². The third kappa shape index (κ3) is 6.53. The number of nitrogens with one attached hydrogen (secondary N) is 1. The molecule has 1 N–H and O–H groups in total. The van der Waals surface area contributed by atoms with E-state index >= 15 is 0 Å². The summed E-state index contributed by atoms with van der Waals surface area (Å²) >= 11 is 0. The summed E-state index contributed by atoms with van der Waals surface area (Å²) in [5.74, 6) is -1.01. The van der Waals surface area contributed by atoms with Crippen LogP contribution in [0.15, 0.2) is 18.2 Å². The zero-order valence-electron chi connectivity index (χ0n) is 13.5. The minimum Gasteiger partial charge on any atom is -0.310 e. The van der Waals surface area contributed by atoms with Crippen LogP contribution in [0, 0.1) is 11.6 Å². The van der Waals surface area contributed by atoms with Gasteiger partial charge in [0.2, 0.25) is 0 Å². The van der Waals surface area contributed by atoms with E-state index < -0.39 is 11.6 Å². The molecule has 1 aromatic rings. The van der Waals surface area contributed by atoms with Crippen LogP contribution in [0.4, 0.5) is 8.78 Å². The first-order valence-corrected chi connectivity index (χ1v) is 8.02. The van der Waals surface area contributed by atoms with Gasteiger partial charge in [0, 0.05) is 12.1 Å². The Morgan fingerprint density at radius 3 is 2.19 bits per heavy atom. The van der Waals surface area contributed by atoms with Crippen molar-refractivity contribution in [1.29, 1.82) is 0 Å².